The van der Waals surface area contributed by atoms with Gasteiger partial charge in [0.05, 0.1) is 37.0 Å². The molecule has 0 bridgehead atoms. The molecule has 1 fully saturated rings. The number of para-hydroxylation sites is 1. The van der Waals surface area contributed by atoms with Gasteiger partial charge in [-0.15, -0.1) is 0 Å². The van der Waals surface area contributed by atoms with Gasteiger partial charge < -0.3 is 14.4 Å². The highest BCUT2D eigenvalue weighted by molar-refractivity contribution is 6.07. The number of benzene rings is 4. The van der Waals surface area contributed by atoms with Crippen LogP contribution >= 0.6 is 0 Å². The van der Waals surface area contributed by atoms with Crippen LogP contribution in [-0.4, -0.2) is 61.1 Å². The fourth-order valence-corrected chi connectivity index (χ4v) is 5.74. The van der Waals surface area contributed by atoms with Crippen molar-refractivity contribution in [1.29, 1.82) is 0 Å². The Balaban J connectivity index is 1.30. The van der Waals surface area contributed by atoms with Gasteiger partial charge in [0.25, 0.3) is 5.91 Å². The standard InChI is InChI=1S/C35H33N3O3/c1-40-27-17-18-33(41-2)30(23-27)32-24-29(28-15-9-10-16-31(28)36-32)35(39)38-21-19-37(20-22-38)34(25-11-5-3-6-12-25)26-13-7-4-8-14-26/h3-18,23-24,34H,19-22H2,1-2H3. The topological polar surface area (TPSA) is 54.9 Å². The van der Waals surface area contributed by atoms with Crippen LogP contribution < -0.4 is 9.47 Å². The number of methoxy groups -OCH3 is 2. The number of pyridine rings is 1. The molecule has 1 amide bonds. The molecule has 6 nitrogen and oxygen atoms in total. The highest BCUT2D eigenvalue weighted by atomic mass is 16.5. The zero-order valence-electron chi connectivity index (χ0n) is 23.4. The number of hydrogen-bond acceptors (Lipinski definition) is 5. The molecule has 0 unspecified atom stereocenters. The van der Waals surface area contributed by atoms with Gasteiger partial charge in [-0.05, 0) is 41.5 Å². The highest BCUT2D eigenvalue weighted by Crippen LogP contribution is 2.35. The summed E-state index contributed by atoms with van der Waals surface area (Å²) in [6, 6.07) is 36.7. The normalized spacial score (nSPS) is 13.9. The van der Waals surface area contributed by atoms with Crippen LogP contribution in [0.1, 0.15) is 27.5 Å². The predicted octanol–water partition coefficient (Wildman–Crippen LogP) is 6.47. The molecule has 5 aromatic rings. The molecule has 1 aliphatic heterocycles. The summed E-state index contributed by atoms with van der Waals surface area (Å²) in [6.07, 6.45) is 0. The number of nitrogens with zero attached hydrogens (tertiary/aromatic N) is 3. The van der Waals surface area contributed by atoms with Crippen molar-refractivity contribution in [2.45, 2.75) is 6.04 Å². The van der Waals surface area contributed by atoms with Crippen LogP contribution in [0.25, 0.3) is 22.2 Å². The van der Waals surface area contributed by atoms with E-state index in [4.69, 9.17) is 14.5 Å². The van der Waals surface area contributed by atoms with Crippen molar-refractivity contribution < 1.29 is 14.3 Å². The van der Waals surface area contributed by atoms with Crippen molar-refractivity contribution in [3.63, 3.8) is 0 Å². The van der Waals surface area contributed by atoms with Crippen LogP contribution in [0, 0.1) is 0 Å². The van der Waals surface area contributed by atoms with E-state index < -0.39 is 0 Å². The first-order valence-corrected chi connectivity index (χ1v) is 13.9. The highest BCUT2D eigenvalue weighted by Gasteiger charge is 2.29. The van der Waals surface area contributed by atoms with Gasteiger partial charge in [0.1, 0.15) is 11.5 Å². The zero-order chi connectivity index (χ0) is 28.2. The summed E-state index contributed by atoms with van der Waals surface area (Å²) >= 11 is 0. The van der Waals surface area contributed by atoms with Gasteiger partial charge in [-0.1, -0.05) is 78.9 Å². The third-order valence-electron chi connectivity index (χ3n) is 7.83. The Morgan fingerprint density at radius 2 is 1.37 bits per heavy atom. The van der Waals surface area contributed by atoms with Gasteiger partial charge in [0.2, 0.25) is 0 Å². The van der Waals surface area contributed by atoms with Gasteiger partial charge in [0.15, 0.2) is 0 Å². The third-order valence-corrected chi connectivity index (χ3v) is 7.83. The Labute approximate surface area is 240 Å². The molecule has 1 saturated heterocycles. The Bertz CT molecular complexity index is 1610. The Morgan fingerprint density at radius 3 is 2.00 bits per heavy atom. The summed E-state index contributed by atoms with van der Waals surface area (Å²) in [5.41, 5.74) is 5.39. The Hall–Kier alpha value is -4.68. The first-order valence-electron chi connectivity index (χ1n) is 13.9. The molecule has 4 aromatic carbocycles. The van der Waals surface area contributed by atoms with E-state index in [1.54, 1.807) is 14.2 Å². The molecule has 2 heterocycles. The number of piperazine rings is 1. The summed E-state index contributed by atoms with van der Waals surface area (Å²) in [6.45, 7) is 2.84. The van der Waals surface area contributed by atoms with Gasteiger partial charge >= 0.3 is 0 Å². The SMILES string of the molecule is COc1ccc(OC)c(-c2cc(C(=O)N3CCN(C(c4ccccc4)c4ccccc4)CC3)c3ccccc3n2)c1. The van der Waals surface area contributed by atoms with Crippen molar-refractivity contribution in [3.8, 4) is 22.8 Å². The lowest BCUT2D eigenvalue weighted by Crippen LogP contribution is -2.49. The van der Waals surface area contributed by atoms with E-state index >= 15 is 0 Å². The third kappa shape index (κ3) is 5.39. The number of fused-ring (bicyclic) bond motifs is 1. The van der Waals surface area contributed by atoms with Gasteiger partial charge in [-0.3, -0.25) is 9.69 Å². The minimum Gasteiger partial charge on any atom is -0.497 e. The van der Waals surface area contributed by atoms with E-state index in [2.05, 4.69) is 65.6 Å². The minimum absolute atomic E-state index is 0.0161. The van der Waals surface area contributed by atoms with E-state index in [0.717, 1.165) is 29.6 Å². The fraction of sp³-hybridized carbons (Fsp3) is 0.200. The lowest BCUT2D eigenvalue weighted by atomic mass is 9.96. The van der Waals surface area contributed by atoms with E-state index in [1.807, 2.05) is 53.4 Å². The maximum atomic E-state index is 14.1. The van der Waals surface area contributed by atoms with E-state index in [1.165, 1.54) is 11.1 Å². The Morgan fingerprint density at radius 1 is 0.732 bits per heavy atom. The molecule has 6 heteroatoms. The van der Waals surface area contributed by atoms with E-state index in [-0.39, 0.29) is 11.9 Å². The van der Waals surface area contributed by atoms with Crippen molar-refractivity contribution in [3.05, 3.63) is 126 Å². The van der Waals surface area contributed by atoms with Crippen LogP contribution in [0.2, 0.25) is 0 Å². The molecule has 0 spiro atoms. The lowest BCUT2D eigenvalue weighted by Gasteiger charge is -2.40. The predicted molar refractivity (Wildman–Crippen MR) is 162 cm³/mol. The number of aromatic nitrogens is 1. The monoisotopic (exact) mass is 543 g/mol. The van der Waals surface area contributed by atoms with Crippen molar-refractivity contribution in [2.24, 2.45) is 0 Å². The average Bonchev–Trinajstić information content (AvgIpc) is 3.05. The van der Waals surface area contributed by atoms with Crippen LogP contribution in [0.4, 0.5) is 0 Å². The molecule has 206 valence electrons. The second-order valence-corrected chi connectivity index (χ2v) is 10.2. The maximum absolute atomic E-state index is 14.1. The smallest absolute Gasteiger partial charge is 0.254 e. The molecular formula is C35H33N3O3. The first-order chi connectivity index (χ1) is 20.2. The maximum Gasteiger partial charge on any atom is 0.254 e. The van der Waals surface area contributed by atoms with Crippen LogP contribution in [0.3, 0.4) is 0 Å². The Kier molecular flexibility index (Phi) is 7.65. The summed E-state index contributed by atoms with van der Waals surface area (Å²) in [7, 11) is 3.27. The second kappa shape index (κ2) is 11.8. The first kappa shape index (κ1) is 26.5. The lowest BCUT2D eigenvalue weighted by molar-refractivity contribution is 0.0599. The van der Waals surface area contributed by atoms with Crippen molar-refractivity contribution >= 4 is 16.8 Å². The van der Waals surface area contributed by atoms with Gasteiger partial charge in [-0.2, -0.15) is 0 Å². The summed E-state index contributed by atoms with van der Waals surface area (Å²) in [4.78, 5) is 23.5. The quantitative estimate of drug-likeness (QED) is 0.236. The summed E-state index contributed by atoms with van der Waals surface area (Å²) < 4.78 is 11.1. The molecule has 0 N–H and O–H groups in total. The molecule has 0 aliphatic carbocycles. The van der Waals surface area contributed by atoms with Crippen LogP contribution in [-0.2, 0) is 0 Å². The fourth-order valence-electron chi connectivity index (χ4n) is 5.74. The zero-order valence-corrected chi connectivity index (χ0v) is 23.4. The second-order valence-electron chi connectivity index (χ2n) is 10.2. The van der Waals surface area contributed by atoms with Gasteiger partial charge in [-0.25, -0.2) is 4.98 Å². The van der Waals surface area contributed by atoms with Crippen LogP contribution in [0.15, 0.2) is 109 Å². The molecule has 0 radical (unpaired) electrons. The number of rotatable bonds is 7. The minimum atomic E-state index is 0.0161. The number of ether oxygens (including phenoxy) is 2. The molecular weight excluding hydrogens is 510 g/mol. The number of carbonyl (C=O) groups is 1. The summed E-state index contributed by atoms with van der Waals surface area (Å²) in [5.74, 6) is 1.39. The molecule has 41 heavy (non-hydrogen) atoms. The molecule has 6 rings (SSSR count). The van der Waals surface area contributed by atoms with Crippen molar-refractivity contribution in [2.75, 3.05) is 40.4 Å². The van der Waals surface area contributed by atoms with Gasteiger partial charge in [0, 0.05) is 37.1 Å². The number of hydrogen-bond donors (Lipinski definition) is 0. The number of carbonyl (C=O) groups excluding carboxylic acids is 1. The molecule has 1 aliphatic rings. The van der Waals surface area contributed by atoms with Crippen molar-refractivity contribution in [1.82, 2.24) is 14.8 Å². The molecule has 0 atom stereocenters. The summed E-state index contributed by atoms with van der Waals surface area (Å²) in [5, 5.41) is 0.844. The largest absolute Gasteiger partial charge is 0.497 e. The van der Waals surface area contributed by atoms with E-state index in [0.29, 0.717) is 35.8 Å². The average molecular weight is 544 g/mol. The van der Waals surface area contributed by atoms with E-state index in [9.17, 15) is 4.79 Å². The molecule has 1 aromatic heterocycles. The van der Waals surface area contributed by atoms with Crippen LogP contribution in [0.5, 0.6) is 11.5 Å². The number of amides is 1. The molecule has 0 saturated carbocycles.